The minimum absolute atomic E-state index is 0.0435. The van der Waals surface area contributed by atoms with E-state index >= 15 is 0 Å². The highest BCUT2D eigenvalue weighted by molar-refractivity contribution is 6.29. The summed E-state index contributed by atoms with van der Waals surface area (Å²) in [6, 6.07) is 3.63. The van der Waals surface area contributed by atoms with E-state index in [9.17, 15) is 27.9 Å². The molecular formula is C22H21ClF3N5O3. The van der Waals surface area contributed by atoms with E-state index in [-0.39, 0.29) is 45.4 Å². The fourth-order valence-electron chi connectivity index (χ4n) is 3.93. The van der Waals surface area contributed by atoms with Gasteiger partial charge in [-0.25, -0.2) is 14.8 Å². The normalized spacial score (nSPS) is 15.3. The fraction of sp³-hybridized carbons (Fsp3) is 0.364. The van der Waals surface area contributed by atoms with Crippen LogP contribution in [0.25, 0.3) is 5.65 Å². The van der Waals surface area contributed by atoms with Gasteiger partial charge in [0.1, 0.15) is 16.6 Å². The summed E-state index contributed by atoms with van der Waals surface area (Å²) in [6.07, 6.45) is -3.09. The SMILES string of the molecule is Cc1c(N2CCC2(C)C)nc2c(CNc3ccc(Cl)nc3C(=O)O)cc(C(F)(F)F)cn2c1=O. The maximum absolute atomic E-state index is 13.6. The third kappa shape index (κ3) is 4.15. The Bertz CT molecular complexity index is 1370. The standard InChI is InChI=1S/C22H21ClF3N5O3/c1-11-17(31-7-6-21(31,2)3)29-18-12(8-13(22(24,25)26)10-30(18)19(11)32)9-27-14-4-5-15(23)28-16(14)20(33)34/h4-5,8,10,27H,6-7,9H2,1-3H3,(H,33,34). The van der Waals surface area contributed by atoms with Crippen molar-refractivity contribution in [3.8, 4) is 0 Å². The summed E-state index contributed by atoms with van der Waals surface area (Å²) in [6.45, 7) is 5.96. The maximum Gasteiger partial charge on any atom is 0.417 e. The molecule has 0 spiro atoms. The summed E-state index contributed by atoms with van der Waals surface area (Å²) in [5.41, 5.74) is -1.82. The van der Waals surface area contributed by atoms with Crippen LogP contribution in [0.5, 0.6) is 0 Å². The van der Waals surface area contributed by atoms with Crippen LogP contribution in [0.15, 0.2) is 29.2 Å². The van der Waals surface area contributed by atoms with Crippen molar-refractivity contribution in [3.63, 3.8) is 0 Å². The van der Waals surface area contributed by atoms with Gasteiger partial charge >= 0.3 is 12.1 Å². The van der Waals surface area contributed by atoms with Gasteiger partial charge in [-0.05, 0) is 45.4 Å². The topological polar surface area (TPSA) is 99.8 Å². The Balaban J connectivity index is 1.87. The smallest absolute Gasteiger partial charge is 0.417 e. The molecular weight excluding hydrogens is 475 g/mol. The Labute approximate surface area is 197 Å². The number of halogens is 4. The van der Waals surface area contributed by atoms with Crippen LogP contribution in [0.3, 0.4) is 0 Å². The predicted octanol–water partition coefficient (Wildman–Crippen LogP) is 4.37. The van der Waals surface area contributed by atoms with E-state index in [1.165, 1.54) is 12.1 Å². The number of nitrogens with one attached hydrogen (secondary N) is 1. The number of carboxylic acid groups (broad SMARTS) is 1. The first-order chi connectivity index (χ1) is 15.8. The quantitative estimate of drug-likeness (QED) is 0.507. The van der Waals surface area contributed by atoms with Gasteiger partial charge < -0.3 is 15.3 Å². The van der Waals surface area contributed by atoms with E-state index in [1.807, 2.05) is 18.7 Å². The van der Waals surface area contributed by atoms with Crippen LogP contribution in [0.1, 0.15) is 47.4 Å². The summed E-state index contributed by atoms with van der Waals surface area (Å²) in [5.74, 6) is -0.937. The Morgan fingerprint density at radius 1 is 1.29 bits per heavy atom. The predicted molar refractivity (Wildman–Crippen MR) is 121 cm³/mol. The van der Waals surface area contributed by atoms with Crippen LogP contribution in [0.2, 0.25) is 5.15 Å². The zero-order valence-corrected chi connectivity index (χ0v) is 19.3. The average molecular weight is 496 g/mol. The highest BCUT2D eigenvalue weighted by atomic mass is 35.5. The van der Waals surface area contributed by atoms with E-state index in [0.29, 0.717) is 12.4 Å². The zero-order chi connectivity index (χ0) is 25.0. The van der Waals surface area contributed by atoms with Crippen LogP contribution < -0.4 is 15.8 Å². The van der Waals surface area contributed by atoms with E-state index in [0.717, 1.165) is 23.1 Å². The number of fused-ring (bicyclic) bond motifs is 1. The number of carboxylic acids is 1. The first kappa shape index (κ1) is 23.8. The summed E-state index contributed by atoms with van der Waals surface area (Å²) < 4.78 is 41.7. The molecule has 4 rings (SSSR count). The second-order valence-electron chi connectivity index (χ2n) is 8.71. The number of hydrogen-bond donors (Lipinski definition) is 2. The lowest BCUT2D eigenvalue weighted by atomic mass is 9.88. The molecule has 0 aromatic carbocycles. The Hall–Kier alpha value is -3.34. The lowest BCUT2D eigenvalue weighted by molar-refractivity contribution is -0.137. The van der Waals surface area contributed by atoms with Gasteiger partial charge in [-0.2, -0.15) is 13.2 Å². The lowest BCUT2D eigenvalue weighted by Gasteiger charge is -2.49. The van der Waals surface area contributed by atoms with Crippen LogP contribution >= 0.6 is 11.6 Å². The highest BCUT2D eigenvalue weighted by Gasteiger charge is 2.38. The van der Waals surface area contributed by atoms with Crippen molar-refractivity contribution in [2.24, 2.45) is 0 Å². The summed E-state index contributed by atoms with van der Waals surface area (Å²) in [5, 5.41) is 12.1. The Morgan fingerprint density at radius 3 is 2.56 bits per heavy atom. The average Bonchev–Trinajstić information content (AvgIpc) is 2.74. The molecule has 0 atom stereocenters. The molecule has 0 unspecified atom stereocenters. The summed E-state index contributed by atoms with van der Waals surface area (Å²) in [4.78, 5) is 34.9. The molecule has 180 valence electrons. The largest absolute Gasteiger partial charge is 0.476 e. The molecule has 1 fully saturated rings. The molecule has 0 radical (unpaired) electrons. The van der Waals surface area contributed by atoms with Gasteiger partial charge in [0.05, 0.1) is 16.8 Å². The van der Waals surface area contributed by atoms with Crippen molar-refractivity contribution in [3.05, 3.63) is 62.3 Å². The molecule has 4 heterocycles. The highest BCUT2D eigenvalue weighted by Crippen LogP contribution is 2.36. The number of anilines is 2. The van der Waals surface area contributed by atoms with Gasteiger partial charge in [-0.3, -0.25) is 9.20 Å². The third-order valence-corrected chi connectivity index (χ3v) is 6.20. The number of pyridine rings is 2. The Morgan fingerprint density at radius 2 is 2.00 bits per heavy atom. The van der Waals surface area contributed by atoms with Gasteiger partial charge in [-0.1, -0.05) is 11.6 Å². The van der Waals surface area contributed by atoms with Gasteiger partial charge in [0, 0.05) is 30.4 Å². The Kier molecular flexibility index (Phi) is 5.71. The molecule has 2 N–H and O–H groups in total. The van der Waals surface area contributed by atoms with E-state index in [2.05, 4.69) is 15.3 Å². The molecule has 1 saturated heterocycles. The van der Waals surface area contributed by atoms with Gasteiger partial charge in [0.15, 0.2) is 5.69 Å². The molecule has 1 aliphatic rings. The molecule has 1 aliphatic heterocycles. The minimum atomic E-state index is -4.71. The zero-order valence-electron chi connectivity index (χ0n) is 18.5. The third-order valence-electron chi connectivity index (χ3n) is 5.99. The molecule has 0 bridgehead atoms. The fourth-order valence-corrected chi connectivity index (χ4v) is 4.08. The number of aromatic carboxylic acids is 1. The lowest BCUT2D eigenvalue weighted by Crippen LogP contribution is -2.57. The minimum Gasteiger partial charge on any atom is -0.476 e. The number of rotatable bonds is 5. The van der Waals surface area contributed by atoms with Crippen LogP contribution in [-0.4, -0.2) is 37.5 Å². The van der Waals surface area contributed by atoms with Crippen molar-refractivity contribution in [1.29, 1.82) is 0 Å². The van der Waals surface area contributed by atoms with E-state index in [1.54, 1.807) is 6.92 Å². The molecule has 3 aromatic heterocycles. The van der Waals surface area contributed by atoms with Crippen LogP contribution in [0, 0.1) is 6.92 Å². The van der Waals surface area contributed by atoms with Crippen molar-refractivity contribution < 1.29 is 23.1 Å². The molecule has 34 heavy (non-hydrogen) atoms. The molecule has 0 aliphatic carbocycles. The number of nitrogens with zero attached hydrogens (tertiary/aromatic N) is 4. The van der Waals surface area contributed by atoms with Gasteiger partial charge in [-0.15, -0.1) is 0 Å². The molecule has 0 amide bonds. The molecule has 12 heteroatoms. The summed E-state index contributed by atoms with van der Waals surface area (Å²) >= 11 is 5.77. The van der Waals surface area contributed by atoms with Crippen molar-refractivity contribution >= 4 is 34.7 Å². The van der Waals surface area contributed by atoms with Crippen molar-refractivity contribution in [2.75, 3.05) is 16.8 Å². The van der Waals surface area contributed by atoms with Crippen molar-refractivity contribution in [2.45, 2.75) is 45.5 Å². The van der Waals surface area contributed by atoms with E-state index in [4.69, 9.17) is 11.6 Å². The van der Waals surface area contributed by atoms with Gasteiger partial charge in [0.25, 0.3) is 5.56 Å². The first-order valence-corrected chi connectivity index (χ1v) is 10.7. The van der Waals surface area contributed by atoms with Crippen LogP contribution in [0.4, 0.5) is 24.7 Å². The van der Waals surface area contributed by atoms with Gasteiger partial charge in [0.2, 0.25) is 0 Å². The molecule has 3 aromatic rings. The molecule has 8 nitrogen and oxygen atoms in total. The monoisotopic (exact) mass is 495 g/mol. The van der Waals surface area contributed by atoms with Crippen molar-refractivity contribution in [1.82, 2.24) is 14.4 Å². The second-order valence-corrected chi connectivity index (χ2v) is 9.10. The van der Waals surface area contributed by atoms with Crippen LogP contribution in [-0.2, 0) is 12.7 Å². The number of aromatic nitrogens is 3. The second kappa shape index (κ2) is 8.15. The number of hydrogen-bond acceptors (Lipinski definition) is 6. The molecule has 0 saturated carbocycles. The maximum atomic E-state index is 13.6. The number of carbonyl (C=O) groups is 1. The summed E-state index contributed by atoms with van der Waals surface area (Å²) in [7, 11) is 0. The first-order valence-electron chi connectivity index (χ1n) is 10.3. The number of alkyl halides is 3. The van der Waals surface area contributed by atoms with E-state index < -0.39 is 23.3 Å².